The molecule has 32 heavy (non-hydrogen) atoms. The number of imide groups is 1. The van der Waals surface area contributed by atoms with Crippen LogP contribution in [-0.4, -0.2) is 41.3 Å². The molecule has 8 nitrogen and oxygen atoms in total. The number of likely N-dealkylation sites (N-methyl/N-ethyl adjacent to an activating group) is 1. The number of carbonyl (C=O) groups is 2. The van der Waals surface area contributed by atoms with Gasteiger partial charge >= 0.3 is 0 Å². The van der Waals surface area contributed by atoms with Gasteiger partial charge in [0.25, 0.3) is 11.1 Å². The van der Waals surface area contributed by atoms with Gasteiger partial charge in [0.05, 0.1) is 11.4 Å². The van der Waals surface area contributed by atoms with Crippen LogP contribution in [0, 0.1) is 0 Å². The fourth-order valence-electron chi connectivity index (χ4n) is 2.94. The van der Waals surface area contributed by atoms with Gasteiger partial charge < -0.3 is 15.0 Å². The predicted octanol–water partition coefficient (Wildman–Crippen LogP) is 4.06. The summed E-state index contributed by atoms with van der Waals surface area (Å²) in [5, 5.41) is 5.15. The lowest BCUT2D eigenvalue weighted by Crippen LogP contribution is -2.24. The van der Waals surface area contributed by atoms with E-state index in [1.165, 1.54) is 6.33 Å². The van der Waals surface area contributed by atoms with Gasteiger partial charge in [0, 0.05) is 18.8 Å². The van der Waals surface area contributed by atoms with Gasteiger partial charge in [0.1, 0.15) is 30.3 Å². The van der Waals surface area contributed by atoms with Crippen molar-refractivity contribution in [3.05, 3.63) is 77.5 Å². The van der Waals surface area contributed by atoms with Crippen LogP contribution in [0.15, 0.2) is 71.9 Å². The van der Waals surface area contributed by atoms with Gasteiger partial charge in [-0.2, -0.15) is 0 Å². The van der Waals surface area contributed by atoms with Gasteiger partial charge in [-0.05, 0) is 47.7 Å². The van der Waals surface area contributed by atoms with Crippen molar-refractivity contribution >= 4 is 46.3 Å². The van der Waals surface area contributed by atoms with E-state index in [-0.39, 0.29) is 11.1 Å². The summed E-state index contributed by atoms with van der Waals surface area (Å²) < 4.78 is 5.83. The quantitative estimate of drug-likeness (QED) is 0.499. The van der Waals surface area contributed by atoms with Crippen molar-refractivity contribution in [1.29, 1.82) is 0 Å². The third kappa shape index (κ3) is 5.64. The number of carbonyl (C=O) groups excluding carboxylic acids is 2. The molecular weight excluding hydrogens is 426 g/mol. The maximum Gasteiger partial charge on any atom is 0.290 e. The van der Waals surface area contributed by atoms with E-state index in [0.29, 0.717) is 23.8 Å². The molecule has 0 spiro atoms. The number of amides is 2. The highest BCUT2D eigenvalue weighted by molar-refractivity contribution is 8.18. The maximum atomic E-state index is 11.6. The van der Waals surface area contributed by atoms with E-state index in [1.807, 2.05) is 72.6 Å². The van der Waals surface area contributed by atoms with Crippen molar-refractivity contribution < 1.29 is 14.3 Å². The number of benzene rings is 2. The van der Waals surface area contributed by atoms with E-state index in [4.69, 9.17) is 4.74 Å². The molecular formula is C23H21N5O3S. The summed E-state index contributed by atoms with van der Waals surface area (Å²) in [7, 11) is 1.94. The second kappa shape index (κ2) is 9.97. The zero-order chi connectivity index (χ0) is 22.3. The van der Waals surface area contributed by atoms with Crippen LogP contribution in [0.5, 0.6) is 5.75 Å². The summed E-state index contributed by atoms with van der Waals surface area (Å²) in [6.45, 7) is 1.10. The number of para-hydroxylation sites is 1. The molecule has 0 radical (unpaired) electrons. The largest absolute Gasteiger partial charge is 0.492 e. The van der Waals surface area contributed by atoms with Crippen LogP contribution in [0.3, 0.4) is 0 Å². The number of thioether (sulfide) groups is 1. The lowest BCUT2D eigenvalue weighted by atomic mass is 10.2. The summed E-state index contributed by atoms with van der Waals surface area (Å²) in [6.07, 6.45) is 3.21. The summed E-state index contributed by atoms with van der Waals surface area (Å²) >= 11 is 0.899. The minimum absolute atomic E-state index is 0.350. The van der Waals surface area contributed by atoms with Gasteiger partial charge in [-0.15, -0.1) is 0 Å². The predicted molar refractivity (Wildman–Crippen MR) is 126 cm³/mol. The van der Waals surface area contributed by atoms with E-state index in [2.05, 4.69) is 20.6 Å². The molecule has 2 N–H and O–H groups in total. The zero-order valence-electron chi connectivity index (χ0n) is 17.3. The number of nitrogens with zero attached hydrogens (tertiary/aromatic N) is 3. The smallest absolute Gasteiger partial charge is 0.290 e. The second-order valence-electron chi connectivity index (χ2n) is 6.94. The standard InChI is InChI=1S/C23H21N5O3S/c1-28(21-14-20(24-15-25-21)26-17-5-3-2-4-6-17)11-12-31-18-9-7-16(8-10-18)13-19-22(29)27-23(30)32-19/h2-10,13-15H,11-12H2,1H3,(H,24,25,26)(H,27,29,30)/b19-13-. The van der Waals surface area contributed by atoms with Crippen molar-refractivity contribution in [3.63, 3.8) is 0 Å². The second-order valence-corrected chi connectivity index (χ2v) is 7.96. The molecule has 2 aromatic carbocycles. The Bertz CT molecular complexity index is 1140. The van der Waals surface area contributed by atoms with Crippen molar-refractivity contribution in [2.45, 2.75) is 0 Å². The third-order valence-electron chi connectivity index (χ3n) is 4.61. The Morgan fingerprint density at radius 3 is 2.59 bits per heavy atom. The first kappa shape index (κ1) is 21.4. The highest BCUT2D eigenvalue weighted by Gasteiger charge is 2.24. The van der Waals surface area contributed by atoms with Crippen LogP contribution in [0.2, 0.25) is 0 Å². The van der Waals surface area contributed by atoms with Crippen LogP contribution < -0.4 is 20.3 Å². The van der Waals surface area contributed by atoms with Gasteiger partial charge in [0.2, 0.25) is 0 Å². The molecule has 0 bridgehead atoms. The Morgan fingerprint density at radius 1 is 1.09 bits per heavy atom. The molecule has 1 saturated heterocycles. The highest BCUT2D eigenvalue weighted by atomic mass is 32.2. The molecule has 1 aliphatic rings. The molecule has 0 saturated carbocycles. The van der Waals surface area contributed by atoms with Crippen LogP contribution in [0.1, 0.15) is 5.56 Å². The molecule has 1 aliphatic heterocycles. The number of ether oxygens (including phenoxy) is 1. The molecule has 2 amide bonds. The number of rotatable bonds is 8. The minimum atomic E-state index is -0.366. The fraction of sp³-hybridized carbons (Fsp3) is 0.130. The molecule has 0 atom stereocenters. The van der Waals surface area contributed by atoms with Crippen LogP contribution in [0.4, 0.5) is 22.1 Å². The Hall–Kier alpha value is -3.85. The van der Waals surface area contributed by atoms with Crippen molar-refractivity contribution in [3.8, 4) is 5.75 Å². The molecule has 0 unspecified atom stereocenters. The Morgan fingerprint density at radius 2 is 1.88 bits per heavy atom. The Kier molecular flexibility index (Phi) is 6.66. The molecule has 9 heteroatoms. The number of anilines is 3. The van der Waals surface area contributed by atoms with Gasteiger partial charge in [-0.25, -0.2) is 9.97 Å². The minimum Gasteiger partial charge on any atom is -0.492 e. The van der Waals surface area contributed by atoms with Crippen LogP contribution in [-0.2, 0) is 4.79 Å². The number of hydrogen-bond donors (Lipinski definition) is 2. The molecule has 2 heterocycles. The molecule has 4 rings (SSSR count). The van der Waals surface area contributed by atoms with Crippen LogP contribution in [0.25, 0.3) is 6.08 Å². The number of aromatic nitrogens is 2. The first-order valence-corrected chi connectivity index (χ1v) is 10.7. The lowest BCUT2D eigenvalue weighted by Gasteiger charge is -2.19. The number of hydrogen-bond acceptors (Lipinski definition) is 8. The summed E-state index contributed by atoms with van der Waals surface area (Å²) in [5.74, 6) is 1.85. The lowest BCUT2D eigenvalue weighted by molar-refractivity contribution is -0.115. The summed E-state index contributed by atoms with van der Waals surface area (Å²) in [5.41, 5.74) is 1.78. The molecule has 1 fully saturated rings. The Labute approximate surface area is 189 Å². The SMILES string of the molecule is CN(CCOc1ccc(/C=C2\SC(=O)NC2=O)cc1)c1cc(Nc2ccccc2)ncn1. The van der Waals surface area contributed by atoms with E-state index in [1.54, 1.807) is 6.08 Å². The van der Waals surface area contributed by atoms with E-state index >= 15 is 0 Å². The summed E-state index contributed by atoms with van der Waals surface area (Å²) in [6, 6.07) is 19.1. The first-order valence-electron chi connectivity index (χ1n) is 9.90. The van der Waals surface area contributed by atoms with Crippen molar-refractivity contribution in [2.75, 3.05) is 30.4 Å². The average Bonchev–Trinajstić information content (AvgIpc) is 3.12. The Balaban J connectivity index is 1.29. The molecule has 0 aliphatic carbocycles. The van der Waals surface area contributed by atoms with Gasteiger partial charge in [-0.1, -0.05) is 30.3 Å². The first-order chi connectivity index (χ1) is 15.6. The summed E-state index contributed by atoms with van der Waals surface area (Å²) in [4.78, 5) is 33.8. The third-order valence-corrected chi connectivity index (χ3v) is 5.42. The zero-order valence-corrected chi connectivity index (χ0v) is 18.1. The van der Waals surface area contributed by atoms with E-state index in [0.717, 1.165) is 34.6 Å². The van der Waals surface area contributed by atoms with E-state index < -0.39 is 0 Å². The fourth-order valence-corrected chi connectivity index (χ4v) is 3.62. The van der Waals surface area contributed by atoms with E-state index in [9.17, 15) is 9.59 Å². The van der Waals surface area contributed by atoms with Crippen molar-refractivity contribution in [2.24, 2.45) is 0 Å². The maximum absolute atomic E-state index is 11.6. The van der Waals surface area contributed by atoms with Crippen LogP contribution >= 0.6 is 11.8 Å². The van der Waals surface area contributed by atoms with Gasteiger partial charge in [0.15, 0.2) is 0 Å². The highest BCUT2D eigenvalue weighted by Crippen LogP contribution is 2.26. The average molecular weight is 448 g/mol. The molecule has 3 aromatic rings. The normalized spacial score (nSPS) is 14.3. The molecule has 162 valence electrons. The topological polar surface area (TPSA) is 96.5 Å². The number of nitrogens with one attached hydrogen (secondary N) is 2. The van der Waals surface area contributed by atoms with Crippen molar-refractivity contribution in [1.82, 2.24) is 15.3 Å². The van der Waals surface area contributed by atoms with Gasteiger partial charge in [-0.3, -0.25) is 14.9 Å². The molecule has 1 aromatic heterocycles. The monoisotopic (exact) mass is 447 g/mol.